The van der Waals surface area contributed by atoms with Crippen molar-refractivity contribution in [2.45, 2.75) is 44.2 Å². The van der Waals surface area contributed by atoms with E-state index in [1.807, 2.05) is 0 Å². The van der Waals surface area contributed by atoms with Crippen LogP contribution in [-0.4, -0.2) is 23.8 Å². The summed E-state index contributed by atoms with van der Waals surface area (Å²) in [4.78, 5) is 0. The Bertz CT molecular complexity index is 452. The van der Waals surface area contributed by atoms with Crippen LogP contribution in [0.1, 0.15) is 36.8 Å². The third kappa shape index (κ3) is 2.50. The number of aliphatic hydroxyl groups excluding tert-OH is 1. The van der Waals surface area contributed by atoms with Crippen LogP contribution in [0, 0.1) is 0 Å². The van der Waals surface area contributed by atoms with Gasteiger partial charge in [-0.2, -0.15) is 0 Å². The molecule has 1 heterocycles. The quantitative estimate of drug-likeness (QED) is 0.855. The number of fused-ring (bicyclic) bond motifs is 1. The summed E-state index contributed by atoms with van der Waals surface area (Å²) in [5.41, 5.74) is 4.40. The second kappa shape index (κ2) is 5.25. The highest BCUT2D eigenvalue weighted by Crippen LogP contribution is 2.27. The van der Waals surface area contributed by atoms with Crippen molar-refractivity contribution in [3.63, 3.8) is 0 Å². The molecular weight excluding hydrogens is 222 g/mol. The highest BCUT2D eigenvalue weighted by molar-refractivity contribution is 5.59. The molecule has 2 heteroatoms. The molecule has 2 atom stereocenters. The standard InChI is InChI=1S/C16H21NO/c18-16-9-10-17-15(16)8-6-12-5-7-13-3-1-2-4-14(13)11-12/h1-4,11,15-18H,5-10H2. The fourth-order valence-electron chi connectivity index (χ4n) is 3.08. The number of aryl methyl sites for hydroxylation is 1. The molecule has 2 unspecified atom stereocenters. The Morgan fingerprint density at radius 1 is 1.22 bits per heavy atom. The smallest absolute Gasteiger partial charge is 0.0705 e. The predicted molar refractivity (Wildman–Crippen MR) is 74.4 cm³/mol. The number of rotatable bonds is 3. The molecule has 18 heavy (non-hydrogen) atoms. The first kappa shape index (κ1) is 11.9. The first-order valence-corrected chi connectivity index (χ1v) is 7.02. The third-order valence-electron chi connectivity index (χ3n) is 4.22. The number of benzene rings is 1. The van der Waals surface area contributed by atoms with Crippen LogP contribution in [0.5, 0.6) is 0 Å². The zero-order chi connectivity index (χ0) is 12.4. The first-order chi connectivity index (χ1) is 8.83. The fraction of sp³-hybridized carbons (Fsp3) is 0.500. The SMILES string of the molecule is OC1CCNC1CCC1=Cc2ccccc2CC1. The molecular formula is C16H21NO. The lowest BCUT2D eigenvalue weighted by atomic mass is 9.89. The van der Waals surface area contributed by atoms with E-state index in [0.717, 1.165) is 25.8 Å². The second-order valence-corrected chi connectivity index (χ2v) is 5.46. The normalized spacial score (nSPS) is 26.8. The van der Waals surface area contributed by atoms with E-state index in [-0.39, 0.29) is 6.10 Å². The highest BCUT2D eigenvalue weighted by Gasteiger charge is 2.24. The fourth-order valence-corrected chi connectivity index (χ4v) is 3.08. The lowest BCUT2D eigenvalue weighted by molar-refractivity contribution is 0.155. The van der Waals surface area contributed by atoms with Gasteiger partial charge in [-0.15, -0.1) is 0 Å². The number of hydrogen-bond acceptors (Lipinski definition) is 2. The molecule has 96 valence electrons. The van der Waals surface area contributed by atoms with Gasteiger partial charge in [0, 0.05) is 6.04 Å². The molecule has 1 aliphatic carbocycles. The number of aliphatic hydroxyl groups is 1. The van der Waals surface area contributed by atoms with Crippen LogP contribution >= 0.6 is 0 Å². The molecule has 1 saturated heterocycles. The van der Waals surface area contributed by atoms with E-state index in [4.69, 9.17) is 0 Å². The second-order valence-electron chi connectivity index (χ2n) is 5.46. The maximum Gasteiger partial charge on any atom is 0.0705 e. The molecule has 1 aliphatic heterocycles. The first-order valence-electron chi connectivity index (χ1n) is 7.02. The number of allylic oxidation sites excluding steroid dienone is 1. The Kier molecular flexibility index (Phi) is 3.48. The van der Waals surface area contributed by atoms with Crippen molar-refractivity contribution in [3.05, 3.63) is 41.0 Å². The highest BCUT2D eigenvalue weighted by atomic mass is 16.3. The van der Waals surface area contributed by atoms with E-state index < -0.39 is 0 Å². The van der Waals surface area contributed by atoms with Crippen molar-refractivity contribution in [2.75, 3.05) is 6.54 Å². The van der Waals surface area contributed by atoms with Crippen molar-refractivity contribution in [1.82, 2.24) is 5.32 Å². The molecule has 0 bridgehead atoms. The summed E-state index contributed by atoms with van der Waals surface area (Å²) in [6.45, 7) is 0.966. The van der Waals surface area contributed by atoms with Gasteiger partial charge < -0.3 is 10.4 Å². The van der Waals surface area contributed by atoms with Gasteiger partial charge in [0.2, 0.25) is 0 Å². The zero-order valence-electron chi connectivity index (χ0n) is 10.7. The molecule has 1 aromatic carbocycles. The van der Waals surface area contributed by atoms with Crippen LogP contribution in [-0.2, 0) is 6.42 Å². The summed E-state index contributed by atoms with van der Waals surface area (Å²) in [6.07, 6.45) is 7.65. The molecule has 2 N–H and O–H groups in total. The Morgan fingerprint density at radius 3 is 2.94 bits per heavy atom. The molecule has 0 spiro atoms. The van der Waals surface area contributed by atoms with Gasteiger partial charge >= 0.3 is 0 Å². The van der Waals surface area contributed by atoms with Crippen LogP contribution in [0.2, 0.25) is 0 Å². The van der Waals surface area contributed by atoms with Gasteiger partial charge in [-0.3, -0.25) is 0 Å². The van der Waals surface area contributed by atoms with Crippen molar-refractivity contribution in [1.29, 1.82) is 0 Å². The molecule has 3 rings (SSSR count). The molecule has 2 aliphatic rings. The summed E-state index contributed by atoms with van der Waals surface area (Å²) in [5, 5.41) is 13.2. The zero-order valence-corrected chi connectivity index (χ0v) is 10.7. The Labute approximate surface area is 109 Å². The molecule has 0 radical (unpaired) electrons. The van der Waals surface area contributed by atoms with Gasteiger partial charge in [-0.1, -0.05) is 35.9 Å². The molecule has 2 nitrogen and oxygen atoms in total. The van der Waals surface area contributed by atoms with Gasteiger partial charge in [-0.05, 0) is 49.8 Å². The topological polar surface area (TPSA) is 32.3 Å². The van der Waals surface area contributed by atoms with Crippen molar-refractivity contribution >= 4 is 6.08 Å². The number of hydrogen-bond donors (Lipinski definition) is 2. The van der Waals surface area contributed by atoms with E-state index in [2.05, 4.69) is 35.7 Å². The largest absolute Gasteiger partial charge is 0.391 e. The molecule has 1 fully saturated rings. The van der Waals surface area contributed by atoms with Gasteiger partial charge in [0.25, 0.3) is 0 Å². The maximum absolute atomic E-state index is 9.79. The average Bonchev–Trinajstić information content (AvgIpc) is 2.82. The summed E-state index contributed by atoms with van der Waals surface area (Å²) < 4.78 is 0. The summed E-state index contributed by atoms with van der Waals surface area (Å²) in [5.74, 6) is 0. The van der Waals surface area contributed by atoms with Gasteiger partial charge in [0.15, 0.2) is 0 Å². The molecule has 0 amide bonds. The van der Waals surface area contributed by atoms with Crippen LogP contribution < -0.4 is 5.32 Å². The molecule has 0 aromatic heterocycles. The lowest BCUT2D eigenvalue weighted by Crippen LogP contribution is -2.30. The van der Waals surface area contributed by atoms with Gasteiger partial charge in [0.05, 0.1) is 6.10 Å². The summed E-state index contributed by atoms with van der Waals surface area (Å²) in [6, 6.07) is 8.97. The monoisotopic (exact) mass is 243 g/mol. The molecule has 0 saturated carbocycles. The van der Waals surface area contributed by atoms with E-state index >= 15 is 0 Å². The van der Waals surface area contributed by atoms with Crippen LogP contribution in [0.15, 0.2) is 29.8 Å². The van der Waals surface area contributed by atoms with Crippen molar-refractivity contribution in [2.24, 2.45) is 0 Å². The summed E-state index contributed by atoms with van der Waals surface area (Å²) >= 11 is 0. The number of nitrogens with one attached hydrogen (secondary N) is 1. The summed E-state index contributed by atoms with van der Waals surface area (Å²) in [7, 11) is 0. The van der Waals surface area contributed by atoms with Gasteiger partial charge in [0.1, 0.15) is 0 Å². The minimum Gasteiger partial charge on any atom is -0.391 e. The van der Waals surface area contributed by atoms with Gasteiger partial charge in [-0.25, -0.2) is 0 Å². The van der Waals surface area contributed by atoms with Crippen LogP contribution in [0.4, 0.5) is 0 Å². The Morgan fingerprint density at radius 2 is 2.11 bits per heavy atom. The van der Waals surface area contributed by atoms with E-state index in [0.29, 0.717) is 6.04 Å². The van der Waals surface area contributed by atoms with Crippen LogP contribution in [0.25, 0.3) is 6.08 Å². The lowest BCUT2D eigenvalue weighted by Gasteiger charge is -2.19. The third-order valence-corrected chi connectivity index (χ3v) is 4.22. The van der Waals surface area contributed by atoms with E-state index in [1.54, 1.807) is 0 Å². The average molecular weight is 243 g/mol. The Balaban J connectivity index is 1.63. The van der Waals surface area contributed by atoms with E-state index in [1.165, 1.54) is 29.5 Å². The maximum atomic E-state index is 9.79. The predicted octanol–water partition coefficient (Wildman–Crippen LogP) is 2.52. The molecule has 1 aromatic rings. The minimum atomic E-state index is -0.138. The minimum absolute atomic E-state index is 0.138. The van der Waals surface area contributed by atoms with Crippen LogP contribution in [0.3, 0.4) is 0 Å². The van der Waals surface area contributed by atoms with E-state index in [9.17, 15) is 5.11 Å². The Hall–Kier alpha value is -1.12. The van der Waals surface area contributed by atoms with Crippen molar-refractivity contribution < 1.29 is 5.11 Å². The van der Waals surface area contributed by atoms with Crippen molar-refractivity contribution in [3.8, 4) is 0 Å².